The number of nitrogens with zero attached hydrogens (tertiary/aromatic N) is 2. The van der Waals surface area contributed by atoms with Crippen LogP contribution in [0.4, 0.5) is 4.79 Å². The lowest BCUT2D eigenvalue weighted by atomic mass is 10.1. The average molecular weight is 321 g/mol. The second-order valence-corrected chi connectivity index (χ2v) is 4.90. The number of imide groups is 1. The molecule has 1 aromatic carbocycles. The highest BCUT2D eigenvalue weighted by atomic mass is 35.5. The Bertz CT molecular complexity index is 756. The fraction of sp³-hybridized carbons (Fsp3) is 0.0769. The molecular weight excluding hydrogens is 312 g/mol. The van der Waals surface area contributed by atoms with E-state index < -0.39 is 17.8 Å². The van der Waals surface area contributed by atoms with E-state index in [0.29, 0.717) is 16.3 Å². The zero-order valence-electron chi connectivity index (χ0n) is 11.0. The number of urea groups is 1. The van der Waals surface area contributed by atoms with Crippen LogP contribution in [-0.4, -0.2) is 34.6 Å². The van der Waals surface area contributed by atoms with Crippen molar-refractivity contribution in [3.63, 3.8) is 0 Å². The summed E-state index contributed by atoms with van der Waals surface area (Å²) in [6, 6.07) is 7.53. The number of hydrazine groups is 1. The zero-order valence-corrected chi connectivity index (χ0v) is 11.8. The minimum absolute atomic E-state index is 0.0166. The van der Waals surface area contributed by atoms with Crippen LogP contribution in [0.25, 0.3) is 11.3 Å². The summed E-state index contributed by atoms with van der Waals surface area (Å²) < 4.78 is 5.08. The Morgan fingerprint density at radius 1 is 1.32 bits per heavy atom. The van der Waals surface area contributed by atoms with Gasteiger partial charge in [0.05, 0.1) is 0 Å². The van der Waals surface area contributed by atoms with Crippen molar-refractivity contribution in [3.05, 3.63) is 41.0 Å². The predicted molar refractivity (Wildman–Crippen MR) is 74.7 cm³/mol. The number of carbonyl (C=O) groups is 3. The molecule has 9 heteroatoms. The molecule has 112 valence electrons. The number of carbonyl (C=O) groups excluding carboxylic acids is 3. The van der Waals surface area contributed by atoms with Crippen molar-refractivity contribution in [2.24, 2.45) is 0 Å². The highest BCUT2D eigenvalue weighted by Crippen LogP contribution is 2.22. The molecule has 1 aliphatic heterocycles. The number of nitrogens with one attached hydrogen (secondary N) is 2. The van der Waals surface area contributed by atoms with Crippen molar-refractivity contribution in [2.75, 3.05) is 6.54 Å². The van der Waals surface area contributed by atoms with Gasteiger partial charge in [0.1, 0.15) is 6.54 Å². The molecule has 0 atom stereocenters. The van der Waals surface area contributed by atoms with Crippen LogP contribution < -0.4 is 10.7 Å². The Morgan fingerprint density at radius 3 is 2.68 bits per heavy atom. The first-order valence-electron chi connectivity index (χ1n) is 6.18. The maximum absolute atomic E-state index is 12.0. The Hall–Kier alpha value is -2.87. The monoisotopic (exact) mass is 320 g/mol. The van der Waals surface area contributed by atoms with Gasteiger partial charge in [-0.25, -0.2) is 9.80 Å². The van der Waals surface area contributed by atoms with Gasteiger partial charge >= 0.3 is 6.03 Å². The Balaban J connectivity index is 1.73. The summed E-state index contributed by atoms with van der Waals surface area (Å²) in [5.41, 5.74) is 2.95. The smallest absolute Gasteiger partial charge is 0.343 e. The molecule has 22 heavy (non-hydrogen) atoms. The summed E-state index contributed by atoms with van der Waals surface area (Å²) in [4.78, 5) is 34.3. The van der Waals surface area contributed by atoms with Crippen molar-refractivity contribution in [3.8, 4) is 11.3 Å². The maximum atomic E-state index is 12.0. The molecule has 3 rings (SSSR count). The zero-order chi connectivity index (χ0) is 15.7. The van der Waals surface area contributed by atoms with E-state index >= 15 is 0 Å². The van der Waals surface area contributed by atoms with Crippen molar-refractivity contribution >= 4 is 29.4 Å². The van der Waals surface area contributed by atoms with Gasteiger partial charge in [-0.1, -0.05) is 16.8 Å². The van der Waals surface area contributed by atoms with E-state index in [9.17, 15) is 14.4 Å². The first kappa shape index (κ1) is 14.1. The average Bonchev–Trinajstić information content (AvgIpc) is 3.07. The van der Waals surface area contributed by atoms with Crippen LogP contribution in [0, 0.1) is 0 Å². The van der Waals surface area contributed by atoms with Crippen LogP contribution >= 0.6 is 11.6 Å². The van der Waals surface area contributed by atoms with Crippen molar-refractivity contribution in [1.82, 2.24) is 20.9 Å². The summed E-state index contributed by atoms with van der Waals surface area (Å²) in [6.45, 7) is -0.244. The van der Waals surface area contributed by atoms with Gasteiger partial charge in [-0.2, -0.15) is 0 Å². The minimum atomic E-state index is -0.695. The molecule has 4 amide bonds. The molecule has 0 aliphatic carbocycles. The standard InChI is InChI=1S/C13H9ClN4O4/c14-8-3-1-7(2-4-8)10-5-9(17-22-10)12(20)16-18-6-11(19)15-13(18)21/h1-5H,6H2,(H,16,20)(H,15,19,21). The number of rotatable bonds is 3. The van der Waals surface area contributed by atoms with Gasteiger partial charge in [0.15, 0.2) is 11.5 Å². The first-order valence-corrected chi connectivity index (χ1v) is 6.56. The lowest BCUT2D eigenvalue weighted by molar-refractivity contribution is -0.118. The summed E-state index contributed by atoms with van der Waals surface area (Å²) in [5.74, 6) is -0.773. The molecule has 0 saturated carbocycles. The van der Waals surface area contributed by atoms with Gasteiger partial charge in [-0.05, 0) is 24.3 Å². The van der Waals surface area contributed by atoms with Crippen molar-refractivity contribution in [2.45, 2.75) is 0 Å². The first-order chi connectivity index (χ1) is 10.5. The SMILES string of the molecule is O=C1CN(NC(=O)c2cc(-c3ccc(Cl)cc3)on2)C(=O)N1. The van der Waals surface area contributed by atoms with E-state index in [-0.39, 0.29) is 12.2 Å². The van der Waals surface area contributed by atoms with E-state index in [1.807, 2.05) is 5.32 Å². The summed E-state index contributed by atoms with van der Waals surface area (Å²) in [6.07, 6.45) is 0. The molecule has 8 nitrogen and oxygen atoms in total. The Morgan fingerprint density at radius 2 is 2.05 bits per heavy atom. The third-order valence-corrected chi connectivity index (χ3v) is 3.15. The highest BCUT2D eigenvalue weighted by Gasteiger charge is 2.29. The Labute approximate surface area is 129 Å². The normalized spacial score (nSPS) is 14.1. The highest BCUT2D eigenvalue weighted by molar-refractivity contribution is 6.30. The van der Waals surface area contributed by atoms with Gasteiger partial charge in [-0.3, -0.25) is 20.3 Å². The van der Waals surface area contributed by atoms with Crippen LogP contribution in [0.15, 0.2) is 34.9 Å². The second kappa shape index (κ2) is 5.49. The van der Waals surface area contributed by atoms with E-state index in [2.05, 4.69) is 10.6 Å². The molecule has 0 unspecified atom stereocenters. The molecule has 1 saturated heterocycles. The van der Waals surface area contributed by atoms with E-state index in [1.54, 1.807) is 24.3 Å². The third-order valence-electron chi connectivity index (χ3n) is 2.90. The lowest BCUT2D eigenvalue weighted by Crippen LogP contribution is -2.44. The van der Waals surface area contributed by atoms with Gasteiger partial charge in [-0.15, -0.1) is 0 Å². The number of hydrogen-bond acceptors (Lipinski definition) is 5. The molecular formula is C13H9ClN4O4. The lowest BCUT2D eigenvalue weighted by Gasteiger charge is -2.12. The molecule has 0 spiro atoms. The number of benzene rings is 1. The third kappa shape index (κ3) is 2.77. The fourth-order valence-electron chi connectivity index (χ4n) is 1.84. The van der Waals surface area contributed by atoms with Gasteiger partial charge < -0.3 is 4.52 Å². The second-order valence-electron chi connectivity index (χ2n) is 4.46. The molecule has 2 heterocycles. The largest absolute Gasteiger partial charge is 0.355 e. The van der Waals surface area contributed by atoms with Crippen molar-refractivity contribution < 1.29 is 18.9 Å². The van der Waals surface area contributed by atoms with E-state index in [1.165, 1.54) is 6.07 Å². The molecule has 1 aromatic heterocycles. The van der Waals surface area contributed by atoms with Crippen LogP contribution in [0.1, 0.15) is 10.5 Å². The molecule has 2 N–H and O–H groups in total. The van der Waals surface area contributed by atoms with Crippen LogP contribution in [0.3, 0.4) is 0 Å². The van der Waals surface area contributed by atoms with Gasteiger partial charge in [0.2, 0.25) is 5.91 Å². The topological polar surface area (TPSA) is 105 Å². The van der Waals surface area contributed by atoms with Gasteiger partial charge in [0, 0.05) is 16.7 Å². The molecule has 1 aliphatic rings. The number of amides is 4. The van der Waals surface area contributed by atoms with Crippen molar-refractivity contribution in [1.29, 1.82) is 0 Å². The number of hydrogen-bond donors (Lipinski definition) is 2. The molecule has 0 bridgehead atoms. The Kier molecular flexibility index (Phi) is 3.51. The summed E-state index contributed by atoms with van der Waals surface area (Å²) in [5, 5.41) is 7.11. The molecule has 2 aromatic rings. The summed E-state index contributed by atoms with van der Waals surface area (Å²) >= 11 is 5.79. The van der Waals surface area contributed by atoms with Gasteiger partial charge in [0.25, 0.3) is 5.91 Å². The minimum Gasteiger partial charge on any atom is -0.355 e. The molecule has 0 radical (unpaired) electrons. The maximum Gasteiger partial charge on any atom is 0.343 e. The summed E-state index contributed by atoms with van der Waals surface area (Å²) in [7, 11) is 0. The fourth-order valence-corrected chi connectivity index (χ4v) is 1.97. The van der Waals surface area contributed by atoms with Crippen LogP contribution in [0.2, 0.25) is 5.02 Å². The predicted octanol–water partition coefficient (Wildman–Crippen LogP) is 1.19. The number of aromatic nitrogens is 1. The quantitative estimate of drug-likeness (QED) is 0.827. The van der Waals surface area contributed by atoms with Crippen LogP contribution in [0.5, 0.6) is 0 Å². The van der Waals surface area contributed by atoms with E-state index in [4.69, 9.17) is 16.1 Å². The molecule has 1 fully saturated rings. The van der Waals surface area contributed by atoms with E-state index in [0.717, 1.165) is 5.01 Å². The number of halogens is 1. The van der Waals surface area contributed by atoms with Crippen LogP contribution in [-0.2, 0) is 4.79 Å².